The highest BCUT2D eigenvalue weighted by atomic mass is 16.5. The first-order valence-corrected chi connectivity index (χ1v) is 14.5. The second-order valence-electron chi connectivity index (χ2n) is 10.9. The number of benzene rings is 3. The van der Waals surface area contributed by atoms with Crippen LogP contribution in [0.15, 0.2) is 77.2 Å². The second kappa shape index (κ2) is 14.4. The maximum Gasteiger partial charge on any atom is 0.135 e. The molecule has 0 amide bonds. The first-order chi connectivity index (χ1) is 19.8. The zero-order valence-corrected chi connectivity index (χ0v) is 24.6. The van der Waals surface area contributed by atoms with Gasteiger partial charge >= 0.3 is 0 Å². The maximum absolute atomic E-state index is 8.24. The summed E-state index contributed by atoms with van der Waals surface area (Å²) in [5.41, 5.74) is 3.51. The van der Waals surface area contributed by atoms with Crippen molar-refractivity contribution in [2.45, 2.75) is 65.5 Å². The number of amidine groups is 2. The number of nitrogens with one attached hydrogen (secondary N) is 4. The number of ether oxygens (including phenoxy) is 2. The lowest BCUT2D eigenvalue weighted by molar-refractivity contribution is 0.287. The Kier molecular flexibility index (Phi) is 10.4. The standard InChI is InChI=1S/C34H42N4O3/c1-23(2)37-33(35)26-11-16-30(17-12-26)40-20-8-6-5-7-19-39-29-14-9-25(10-15-29)32-22-28-21-27(13-18-31(28)41-32)34(36)38-24(3)4/h9-18,21-24H,5-8,19-20H2,1-4H3,(H2,35,37)(H2,36,38). The van der Waals surface area contributed by atoms with Gasteiger partial charge in [0.05, 0.1) is 13.2 Å². The van der Waals surface area contributed by atoms with Crippen LogP contribution < -0.4 is 20.1 Å². The van der Waals surface area contributed by atoms with Crippen LogP contribution >= 0.6 is 0 Å². The smallest absolute Gasteiger partial charge is 0.135 e. The number of fused-ring (bicyclic) bond motifs is 1. The Morgan fingerprint density at radius 1 is 0.659 bits per heavy atom. The molecule has 4 aromatic rings. The van der Waals surface area contributed by atoms with E-state index >= 15 is 0 Å². The Balaban J connectivity index is 1.14. The largest absolute Gasteiger partial charge is 0.494 e. The molecule has 41 heavy (non-hydrogen) atoms. The third kappa shape index (κ3) is 8.87. The van der Waals surface area contributed by atoms with Crippen molar-refractivity contribution in [2.24, 2.45) is 0 Å². The van der Waals surface area contributed by atoms with Crippen LogP contribution in [0.3, 0.4) is 0 Å². The molecule has 0 bridgehead atoms. The summed E-state index contributed by atoms with van der Waals surface area (Å²) in [5, 5.41) is 23.5. The summed E-state index contributed by atoms with van der Waals surface area (Å²) < 4.78 is 17.9. The van der Waals surface area contributed by atoms with Crippen LogP contribution in [0.5, 0.6) is 11.5 Å². The summed E-state index contributed by atoms with van der Waals surface area (Å²) in [6.45, 7) is 9.47. The van der Waals surface area contributed by atoms with Gasteiger partial charge in [-0.2, -0.15) is 0 Å². The number of furan rings is 1. The number of hydrogen-bond acceptors (Lipinski definition) is 5. The van der Waals surface area contributed by atoms with Crippen molar-refractivity contribution in [1.82, 2.24) is 10.6 Å². The molecule has 0 saturated heterocycles. The molecule has 0 atom stereocenters. The van der Waals surface area contributed by atoms with E-state index in [1.165, 1.54) is 0 Å². The Labute approximate surface area is 243 Å². The minimum Gasteiger partial charge on any atom is -0.494 e. The van der Waals surface area contributed by atoms with Crippen LogP contribution in [0.4, 0.5) is 0 Å². The average molecular weight is 555 g/mol. The van der Waals surface area contributed by atoms with E-state index in [0.717, 1.165) is 70.6 Å². The summed E-state index contributed by atoms with van der Waals surface area (Å²) in [6, 6.07) is 24.0. The minimum absolute atomic E-state index is 0.212. The van der Waals surface area contributed by atoms with Crippen molar-refractivity contribution in [2.75, 3.05) is 13.2 Å². The van der Waals surface area contributed by atoms with E-state index < -0.39 is 0 Å². The van der Waals surface area contributed by atoms with Crippen molar-refractivity contribution in [1.29, 1.82) is 10.8 Å². The molecule has 0 saturated carbocycles. The van der Waals surface area contributed by atoms with Gasteiger partial charge in [-0.3, -0.25) is 10.8 Å². The first kappa shape index (κ1) is 29.7. The van der Waals surface area contributed by atoms with E-state index in [2.05, 4.69) is 10.6 Å². The van der Waals surface area contributed by atoms with Gasteiger partial charge in [0.15, 0.2) is 0 Å². The monoisotopic (exact) mass is 554 g/mol. The van der Waals surface area contributed by atoms with Crippen LogP contribution in [-0.2, 0) is 0 Å². The highest BCUT2D eigenvalue weighted by molar-refractivity contribution is 6.00. The topological polar surface area (TPSA) is 103 Å². The zero-order valence-electron chi connectivity index (χ0n) is 24.6. The summed E-state index contributed by atoms with van der Waals surface area (Å²) in [4.78, 5) is 0. The van der Waals surface area contributed by atoms with Gasteiger partial charge in [0.25, 0.3) is 0 Å². The van der Waals surface area contributed by atoms with Gasteiger partial charge in [0.2, 0.25) is 0 Å². The molecular weight excluding hydrogens is 512 g/mol. The van der Waals surface area contributed by atoms with Crippen molar-refractivity contribution < 1.29 is 13.9 Å². The Hall–Kier alpha value is -4.26. The molecule has 0 radical (unpaired) electrons. The van der Waals surface area contributed by atoms with Gasteiger partial charge in [-0.15, -0.1) is 0 Å². The molecule has 1 heterocycles. The first-order valence-electron chi connectivity index (χ1n) is 14.5. The molecule has 0 aliphatic carbocycles. The maximum atomic E-state index is 8.24. The molecule has 7 heteroatoms. The summed E-state index contributed by atoms with van der Waals surface area (Å²) in [6.07, 6.45) is 4.16. The molecule has 4 N–H and O–H groups in total. The van der Waals surface area contributed by atoms with Crippen LogP contribution in [0, 0.1) is 10.8 Å². The predicted octanol–water partition coefficient (Wildman–Crippen LogP) is 7.76. The second-order valence-corrected chi connectivity index (χ2v) is 10.9. The molecule has 1 aromatic heterocycles. The van der Waals surface area contributed by atoms with Crippen LogP contribution in [0.25, 0.3) is 22.3 Å². The molecule has 0 fully saturated rings. The number of rotatable bonds is 14. The van der Waals surface area contributed by atoms with Crippen LogP contribution in [-0.4, -0.2) is 37.0 Å². The third-order valence-electron chi connectivity index (χ3n) is 6.53. The third-order valence-corrected chi connectivity index (χ3v) is 6.53. The van der Waals surface area contributed by atoms with E-state index in [-0.39, 0.29) is 12.1 Å². The summed E-state index contributed by atoms with van der Waals surface area (Å²) >= 11 is 0. The van der Waals surface area contributed by atoms with Crippen molar-refractivity contribution in [3.8, 4) is 22.8 Å². The molecule has 3 aromatic carbocycles. The molecular formula is C34H42N4O3. The molecule has 0 unspecified atom stereocenters. The Morgan fingerprint density at radius 3 is 1.73 bits per heavy atom. The lowest BCUT2D eigenvalue weighted by atomic mass is 10.1. The summed E-state index contributed by atoms with van der Waals surface area (Å²) in [5.74, 6) is 3.34. The van der Waals surface area contributed by atoms with Crippen molar-refractivity contribution in [3.05, 3.63) is 83.9 Å². The molecule has 4 rings (SSSR count). The lowest BCUT2D eigenvalue weighted by Crippen LogP contribution is -2.30. The van der Waals surface area contributed by atoms with Gasteiger partial charge in [0, 0.05) is 34.2 Å². The lowest BCUT2D eigenvalue weighted by Gasteiger charge is -2.12. The fourth-order valence-corrected chi connectivity index (χ4v) is 4.46. The predicted molar refractivity (Wildman–Crippen MR) is 168 cm³/mol. The minimum atomic E-state index is 0.212. The van der Waals surface area contributed by atoms with E-state index in [1.54, 1.807) is 0 Å². The number of unbranched alkanes of at least 4 members (excludes halogenated alkanes) is 3. The Bertz CT molecular complexity index is 1420. The molecule has 0 aliphatic rings. The normalized spacial score (nSPS) is 11.2. The zero-order chi connectivity index (χ0) is 29.2. The highest BCUT2D eigenvalue weighted by Gasteiger charge is 2.10. The van der Waals surface area contributed by atoms with Crippen LogP contribution in [0.1, 0.15) is 64.5 Å². The molecule has 0 aliphatic heterocycles. The SMILES string of the molecule is CC(C)NC(=N)c1ccc(OCCCCCCOc2ccc(-c3cc4cc(C(=N)NC(C)C)ccc4o3)cc2)cc1. The fourth-order valence-electron chi connectivity index (χ4n) is 4.46. The Morgan fingerprint density at radius 2 is 1.17 bits per heavy atom. The number of hydrogen-bond donors (Lipinski definition) is 4. The van der Waals surface area contributed by atoms with Gasteiger partial charge < -0.3 is 24.5 Å². The van der Waals surface area contributed by atoms with E-state index in [9.17, 15) is 0 Å². The van der Waals surface area contributed by atoms with Gasteiger partial charge in [-0.05, 0) is 126 Å². The highest BCUT2D eigenvalue weighted by Crippen LogP contribution is 2.30. The molecule has 7 nitrogen and oxygen atoms in total. The molecule has 216 valence electrons. The summed E-state index contributed by atoms with van der Waals surface area (Å²) in [7, 11) is 0. The van der Waals surface area contributed by atoms with Gasteiger partial charge in [0.1, 0.15) is 34.5 Å². The van der Waals surface area contributed by atoms with Gasteiger partial charge in [-0.25, -0.2) is 0 Å². The average Bonchev–Trinajstić information content (AvgIpc) is 3.38. The van der Waals surface area contributed by atoms with Crippen molar-refractivity contribution >= 4 is 22.6 Å². The van der Waals surface area contributed by atoms with Crippen LogP contribution in [0.2, 0.25) is 0 Å². The quantitative estimate of drug-likeness (QED) is 0.0724. The van der Waals surface area contributed by atoms with E-state index in [1.807, 2.05) is 100 Å². The van der Waals surface area contributed by atoms with E-state index in [4.69, 9.17) is 24.7 Å². The van der Waals surface area contributed by atoms with Gasteiger partial charge in [-0.1, -0.05) is 0 Å². The molecule has 0 spiro atoms. The van der Waals surface area contributed by atoms with Crippen molar-refractivity contribution in [3.63, 3.8) is 0 Å². The fraction of sp³-hybridized carbons (Fsp3) is 0.353. The van der Waals surface area contributed by atoms with E-state index in [0.29, 0.717) is 24.9 Å².